The highest BCUT2D eigenvalue weighted by Gasteiger charge is 2.00. The lowest BCUT2D eigenvalue weighted by Gasteiger charge is -2.09. The molecule has 198 valence electrons. The lowest BCUT2D eigenvalue weighted by Crippen LogP contribution is -2.20. The summed E-state index contributed by atoms with van der Waals surface area (Å²) in [6.07, 6.45) is 0. The van der Waals surface area contributed by atoms with Gasteiger partial charge < -0.3 is 25.3 Å². The van der Waals surface area contributed by atoms with Gasteiger partial charge in [0.15, 0.2) is 0 Å². The number of benzene rings is 5. The molecule has 5 heteroatoms. The van der Waals surface area contributed by atoms with E-state index in [1.165, 1.54) is 5.56 Å². The molecule has 5 aromatic rings. The first-order valence-electron chi connectivity index (χ1n) is 13.0. The molecule has 0 spiro atoms. The zero-order valence-electron chi connectivity index (χ0n) is 21.9. The molecule has 0 bridgehead atoms. The van der Waals surface area contributed by atoms with Gasteiger partial charge in [-0.15, -0.1) is 0 Å². The van der Waals surface area contributed by atoms with Crippen LogP contribution < -0.4 is 25.3 Å². The van der Waals surface area contributed by atoms with Crippen molar-refractivity contribution in [1.29, 1.82) is 0 Å². The molecule has 0 radical (unpaired) electrons. The number of nitrogens with two attached hydrogens (primary N) is 1. The second kappa shape index (κ2) is 15.6. The van der Waals surface area contributed by atoms with Crippen molar-refractivity contribution in [3.05, 3.63) is 151 Å². The smallest absolute Gasteiger partial charge is 0.127 e. The second-order valence-electron chi connectivity index (χ2n) is 8.67. The van der Waals surface area contributed by atoms with Gasteiger partial charge in [0.2, 0.25) is 0 Å². The maximum absolute atomic E-state index is 5.85. The molecule has 0 aliphatic rings. The molecule has 0 aliphatic carbocycles. The van der Waals surface area contributed by atoms with Gasteiger partial charge >= 0.3 is 0 Å². The molecule has 3 N–H and O–H groups in total. The SMILES string of the molecule is NCc1cccc(Oc2ccccc2)c1.c1ccc(OCCNCc2cccc(Oc3ccccc3)c2)cc1. The minimum absolute atomic E-state index is 0.534. The van der Waals surface area contributed by atoms with Crippen LogP contribution in [0.25, 0.3) is 0 Å². The number of nitrogens with one attached hydrogen (secondary N) is 1. The van der Waals surface area contributed by atoms with Crippen molar-refractivity contribution in [3.63, 3.8) is 0 Å². The molecule has 0 heterocycles. The third kappa shape index (κ3) is 10.0. The summed E-state index contributed by atoms with van der Waals surface area (Å²) in [6.45, 7) is 2.75. The Bertz CT molecular complexity index is 1360. The zero-order valence-corrected chi connectivity index (χ0v) is 21.9. The fraction of sp³-hybridized carbons (Fsp3) is 0.118. The molecule has 0 saturated carbocycles. The van der Waals surface area contributed by atoms with E-state index < -0.39 is 0 Å². The summed E-state index contributed by atoms with van der Waals surface area (Å²) in [6, 6.07) is 45.3. The minimum atomic E-state index is 0.534. The van der Waals surface area contributed by atoms with Gasteiger partial charge in [0.1, 0.15) is 35.4 Å². The number of hydrogen-bond acceptors (Lipinski definition) is 5. The largest absolute Gasteiger partial charge is 0.492 e. The van der Waals surface area contributed by atoms with Crippen molar-refractivity contribution < 1.29 is 14.2 Å². The average molecular weight is 519 g/mol. The summed E-state index contributed by atoms with van der Waals surface area (Å²) in [5, 5.41) is 3.38. The summed E-state index contributed by atoms with van der Waals surface area (Å²) in [4.78, 5) is 0. The molecular formula is C34H34N2O3. The highest BCUT2D eigenvalue weighted by Crippen LogP contribution is 2.22. The molecular weight excluding hydrogens is 484 g/mol. The van der Waals surface area contributed by atoms with Crippen LogP contribution in [0, 0.1) is 0 Å². The van der Waals surface area contributed by atoms with Crippen molar-refractivity contribution in [2.24, 2.45) is 5.73 Å². The Labute approximate surface area is 230 Å². The number of para-hydroxylation sites is 3. The van der Waals surface area contributed by atoms with E-state index in [0.29, 0.717) is 13.2 Å². The van der Waals surface area contributed by atoms with Crippen LogP contribution in [-0.4, -0.2) is 13.2 Å². The van der Waals surface area contributed by atoms with Gasteiger partial charge in [-0.25, -0.2) is 0 Å². The molecule has 0 fully saturated rings. The first-order chi connectivity index (χ1) is 19.3. The van der Waals surface area contributed by atoms with E-state index in [2.05, 4.69) is 17.4 Å². The monoisotopic (exact) mass is 518 g/mol. The molecule has 0 aliphatic heterocycles. The second-order valence-corrected chi connectivity index (χ2v) is 8.67. The lowest BCUT2D eigenvalue weighted by atomic mass is 10.2. The van der Waals surface area contributed by atoms with Crippen molar-refractivity contribution in [3.8, 4) is 28.7 Å². The van der Waals surface area contributed by atoms with E-state index in [1.54, 1.807) is 0 Å². The Hall–Kier alpha value is -4.58. The van der Waals surface area contributed by atoms with Crippen LogP contribution >= 0.6 is 0 Å². The molecule has 0 unspecified atom stereocenters. The van der Waals surface area contributed by atoms with Crippen molar-refractivity contribution in [2.45, 2.75) is 13.1 Å². The first-order valence-corrected chi connectivity index (χ1v) is 13.0. The molecule has 5 rings (SSSR count). The topological polar surface area (TPSA) is 65.7 Å². The number of ether oxygens (including phenoxy) is 3. The normalized spacial score (nSPS) is 10.2. The third-order valence-corrected chi connectivity index (χ3v) is 5.61. The highest BCUT2D eigenvalue weighted by molar-refractivity contribution is 5.35. The summed E-state index contributed by atoms with van der Waals surface area (Å²) < 4.78 is 17.2. The summed E-state index contributed by atoms with van der Waals surface area (Å²) in [5.74, 6) is 4.26. The Balaban J connectivity index is 0.000000202. The molecule has 0 amide bonds. The Morgan fingerprint density at radius 1 is 0.487 bits per heavy atom. The van der Waals surface area contributed by atoms with E-state index in [4.69, 9.17) is 19.9 Å². The van der Waals surface area contributed by atoms with Crippen molar-refractivity contribution >= 4 is 0 Å². The van der Waals surface area contributed by atoms with Crippen LogP contribution in [-0.2, 0) is 13.1 Å². The molecule has 0 atom stereocenters. The van der Waals surface area contributed by atoms with Crippen LogP contribution in [0.1, 0.15) is 11.1 Å². The standard InChI is InChI=1S/C21H21NO2.C13H13NO/c1-3-9-19(10-4-1)23-15-14-22-17-18-8-7-13-21(16-18)24-20-11-5-2-6-12-20;14-10-11-5-4-8-13(9-11)15-12-6-2-1-3-7-12/h1-13,16,22H,14-15,17H2;1-9H,10,14H2. The van der Waals surface area contributed by atoms with Crippen LogP contribution in [0.3, 0.4) is 0 Å². The van der Waals surface area contributed by atoms with Gasteiger partial charge in [0, 0.05) is 19.6 Å². The van der Waals surface area contributed by atoms with E-state index >= 15 is 0 Å². The number of hydrogen-bond donors (Lipinski definition) is 2. The van der Waals surface area contributed by atoms with Gasteiger partial charge in [-0.1, -0.05) is 78.9 Å². The molecule has 0 aromatic heterocycles. The summed E-state index contributed by atoms with van der Waals surface area (Å²) >= 11 is 0. The van der Waals surface area contributed by atoms with Gasteiger partial charge in [0.25, 0.3) is 0 Å². The van der Waals surface area contributed by atoms with Crippen LogP contribution in [0.4, 0.5) is 0 Å². The summed E-state index contributed by atoms with van der Waals surface area (Å²) in [5.41, 5.74) is 7.81. The van der Waals surface area contributed by atoms with E-state index in [1.807, 2.05) is 127 Å². The highest BCUT2D eigenvalue weighted by atomic mass is 16.5. The Morgan fingerprint density at radius 2 is 0.949 bits per heavy atom. The number of rotatable bonds is 11. The average Bonchev–Trinajstić information content (AvgIpc) is 2.99. The van der Waals surface area contributed by atoms with Crippen LogP contribution in [0.2, 0.25) is 0 Å². The Kier molecular flexibility index (Phi) is 11.0. The fourth-order valence-corrected chi connectivity index (χ4v) is 3.69. The van der Waals surface area contributed by atoms with E-state index in [-0.39, 0.29) is 0 Å². The van der Waals surface area contributed by atoms with Crippen LogP contribution in [0.5, 0.6) is 28.7 Å². The lowest BCUT2D eigenvalue weighted by molar-refractivity contribution is 0.313. The minimum Gasteiger partial charge on any atom is -0.492 e. The maximum atomic E-state index is 5.85. The molecule has 0 saturated heterocycles. The van der Waals surface area contributed by atoms with Crippen molar-refractivity contribution in [1.82, 2.24) is 5.32 Å². The van der Waals surface area contributed by atoms with Gasteiger partial charge in [-0.3, -0.25) is 0 Å². The first kappa shape index (κ1) is 27.5. The zero-order chi connectivity index (χ0) is 27.0. The van der Waals surface area contributed by atoms with E-state index in [9.17, 15) is 0 Å². The van der Waals surface area contributed by atoms with Crippen molar-refractivity contribution in [2.75, 3.05) is 13.2 Å². The van der Waals surface area contributed by atoms with Crippen LogP contribution in [0.15, 0.2) is 140 Å². The summed E-state index contributed by atoms with van der Waals surface area (Å²) in [7, 11) is 0. The predicted octanol–water partition coefficient (Wildman–Crippen LogP) is 7.59. The fourth-order valence-electron chi connectivity index (χ4n) is 3.69. The molecule has 39 heavy (non-hydrogen) atoms. The maximum Gasteiger partial charge on any atom is 0.127 e. The predicted molar refractivity (Wildman–Crippen MR) is 157 cm³/mol. The van der Waals surface area contributed by atoms with E-state index in [0.717, 1.165) is 47.4 Å². The molecule has 5 aromatic carbocycles. The third-order valence-electron chi connectivity index (χ3n) is 5.61. The molecule has 5 nitrogen and oxygen atoms in total. The van der Waals surface area contributed by atoms with Gasteiger partial charge in [-0.2, -0.15) is 0 Å². The quantitative estimate of drug-likeness (QED) is 0.176. The van der Waals surface area contributed by atoms with Gasteiger partial charge in [-0.05, 0) is 71.8 Å². The Morgan fingerprint density at radius 3 is 1.49 bits per heavy atom. The van der Waals surface area contributed by atoms with Gasteiger partial charge in [0.05, 0.1) is 0 Å².